The van der Waals surface area contributed by atoms with Crippen molar-refractivity contribution in [1.82, 2.24) is 24.9 Å². The fraction of sp³-hybridized carbons (Fsp3) is 0.600. The fourth-order valence-corrected chi connectivity index (χ4v) is 2.49. The second-order valence-electron chi connectivity index (χ2n) is 5.87. The Morgan fingerprint density at radius 1 is 1.20 bits per heavy atom. The van der Waals surface area contributed by atoms with Crippen LogP contribution < -0.4 is 5.32 Å². The van der Waals surface area contributed by atoms with Crippen molar-refractivity contribution < 1.29 is 0 Å². The van der Waals surface area contributed by atoms with Crippen LogP contribution in [0.5, 0.6) is 0 Å². The number of nitrogens with zero attached hydrogens (tertiary/aromatic N) is 4. The molecule has 0 spiro atoms. The van der Waals surface area contributed by atoms with Crippen molar-refractivity contribution in [3.05, 3.63) is 28.7 Å². The van der Waals surface area contributed by atoms with Gasteiger partial charge in [-0.3, -0.25) is 4.68 Å². The van der Waals surface area contributed by atoms with Gasteiger partial charge in [-0.25, -0.2) is 4.68 Å². The van der Waals surface area contributed by atoms with Crippen molar-refractivity contribution in [2.75, 3.05) is 6.54 Å². The molecule has 2 rings (SSSR count). The molecule has 0 atom stereocenters. The standard InChI is InChI=1S/C15H25N5/c1-10(2)8-16-9-14-13(5)18-19(6)15(14)20-12(4)7-11(3)17-20/h7,10,16H,8-9H2,1-6H3. The topological polar surface area (TPSA) is 47.7 Å². The van der Waals surface area contributed by atoms with Crippen LogP contribution in [-0.2, 0) is 13.6 Å². The van der Waals surface area contributed by atoms with E-state index in [9.17, 15) is 0 Å². The van der Waals surface area contributed by atoms with Crippen LogP contribution in [0.15, 0.2) is 6.07 Å². The lowest BCUT2D eigenvalue weighted by Crippen LogP contribution is -2.20. The molecule has 5 nitrogen and oxygen atoms in total. The van der Waals surface area contributed by atoms with Crippen LogP contribution in [-0.4, -0.2) is 26.1 Å². The minimum atomic E-state index is 0.643. The van der Waals surface area contributed by atoms with E-state index in [2.05, 4.69) is 49.3 Å². The molecule has 110 valence electrons. The Hall–Kier alpha value is -1.62. The third-order valence-corrected chi connectivity index (χ3v) is 3.38. The monoisotopic (exact) mass is 275 g/mol. The van der Waals surface area contributed by atoms with Crippen molar-refractivity contribution in [2.24, 2.45) is 13.0 Å². The largest absolute Gasteiger partial charge is 0.312 e. The summed E-state index contributed by atoms with van der Waals surface area (Å²) in [5.41, 5.74) is 4.45. The maximum Gasteiger partial charge on any atom is 0.156 e. The van der Waals surface area contributed by atoms with E-state index in [1.807, 2.05) is 23.3 Å². The molecule has 2 aromatic heterocycles. The molecule has 0 fully saturated rings. The van der Waals surface area contributed by atoms with Gasteiger partial charge < -0.3 is 5.32 Å². The van der Waals surface area contributed by atoms with E-state index >= 15 is 0 Å². The first-order chi connectivity index (χ1) is 9.40. The first-order valence-electron chi connectivity index (χ1n) is 7.17. The highest BCUT2D eigenvalue weighted by Crippen LogP contribution is 2.19. The highest BCUT2D eigenvalue weighted by atomic mass is 15.4. The van der Waals surface area contributed by atoms with Gasteiger partial charge in [-0.2, -0.15) is 10.2 Å². The summed E-state index contributed by atoms with van der Waals surface area (Å²) in [5.74, 6) is 1.70. The van der Waals surface area contributed by atoms with Gasteiger partial charge in [-0.05, 0) is 39.3 Å². The molecule has 0 bridgehead atoms. The van der Waals surface area contributed by atoms with Gasteiger partial charge in [-0.1, -0.05) is 13.8 Å². The number of aryl methyl sites for hydroxylation is 4. The summed E-state index contributed by atoms with van der Waals surface area (Å²) >= 11 is 0. The van der Waals surface area contributed by atoms with E-state index in [1.165, 1.54) is 5.56 Å². The van der Waals surface area contributed by atoms with Crippen LogP contribution in [0.2, 0.25) is 0 Å². The lowest BCUT2D eigenvalue weighted by molar-refractivity contribution is 0.549. The first-order valence-corrected chi connectivity index (χ1v) is 7.17. The Bertz CT molecular complexity index is 592. The number of aromatic nitrogens is 4. The molecule has 20 heavy (non-hydrogen) atoms. The van der Waals surface area contributed by atoms with Gasteiger partial charge in [0.15, 0.2) is 5.82 Å². The van der Waals surface area contributed by atoms with Crippen molar-refractivity contribution >= 4 is 0 Å². The van der Waals surface area contributed by atoms with E-state index in [0.29, 0.717) is 5.92 Å². The van der Waals surface area contributed by atoms with E-state index in [0.717, 1.165) is 36.0 Å². The molecule has 0 aromatic carbocycles. The SMILES string of the molecule is Cc1cc(C)n(-c2c(CNCC(C)C)c(C)nn2C)n1. The molecule has 0 unspecified atom stereocenters. The van der Waals surface area contributed by atoms with Crippen LogP contribution in [0.1, 0.15) is 36.5 Å². The number of nitrogens with one attached hydrogen (secondary N) is 1. The second-order valence-corrected chi connectivity index (χ2v) is 5.87. The predicted molar refractivity (Wildman–Crippen MR) is 81.1 cm³/mol. The van der Waals surface area contributed by atoms with Crippen LogP contribution >= 0.6 is 0 Å². The van der Waals surface area contributed by atoms with Crippen molar-refractivity contribution in [3.8, 4) is 5.82 Å². The second kappa shape index (κ2) is 5.79. The number of rotatable bonds is 5. The molecule has 0 aliphatic heterocycles. The molecule has 0 amide bonds. The van der Waals surface area contributed by atoms with Gasteiger partial charge in [-0.15, -0.1) is 0 Å². The normalized spacial score (nSPS) is 11.6. The van der Waals surface area contributed by atoms with Crippen molar-refractivity contribution in [2.45, 2.75) is 41.2 Å². The van der Waals surface area contributed by atoms with Crippen LogP contribution in [0.3, 0.4) is 0 Å². The fourth-order valence-electron chi connectivity index (χ4n) is 2.49. The Morgan fingerprint density at radius 3 is 2.45 bits per heavy atom. The van der Waals surface area contributed by atoms with Crippen LogP contribution in [0, 0.1) is 26.7 Å². The van der Waals surface area contributed by atoms with Gasteiger partial charge >= 0.3 is 0 Å². The zero-order chi connectivity index (χ0) is 14.9. The third-order valence-electron chi connectivity index (χ3n) is 3.38. The van der Waals surface area contributed by atoms with Crippen molar-refractivity contribution in [1.29, 1.82) is 0 Å². The molecule has 0 aliphatic carbocycles. The zero-order valence-corrected chi connectivity index (χ0v) is 13.4. The zero-order valence-electron chi connectivity index (χ0n) is 13.4. The minimum Gasteiger partial charge on any atom is -0.312 e. The number of hydrogen-bond donors (Lipinski definition) is 1. The van der Waals surface area contributed by atoms with Gasteiger partial charge in [0.1, 0.15) is 0 Å². The maximum absolute atomic E-state index is 4.59. The minimum absolute atomic E-state index is 0.643. The van der Waals surface area contributed by atoms with Gasteiger partial charge in [0.05, 0.1) is 11.4 Å². The summed E-state index contributed by atoms with van der Waals surface area (Å²) in [6.45, 7) is 12.4. The third kappa shape index (κ3) is 2.93. The molecular formula is C15H25N5. The summed E-state index contributed by atoms with van der Waals surface area (Å²) in [6.07, 6.45) is 0. The summed E-state index contributed by atoms with van der Waals surface area (Å²) in [4.78, 5) is 0. The van der Waals surface area contributed by atoms with Gasteiger partial charge in [0.25, 0.3) is 0 Å². The first kappa shape index (κ1) is 14.8. The summed E-state index contributed by atoms with van der Waals surface area (Å²) < 4.78 is 3.91. The van der Waals surface area contributed by atoms with Gasteiger partial charge in [0.2, 0.25) is 0 Å². The Labute approximate surface area is 121 Å². The van der Waals surface area contributed by atoms with Gasteiger partial charge in [0, 0.05) is 24.8 Å². The summed E-state index contributed by atoms with van der Waals surface area (Å²) in [6, 6.07) is 2.09. The number of hydrogen-bond acceptors (Lipinski definition) is 3. The Balaban J connectivity index is 2.35. The molecule has 0 radical (unpaired) electrons. The molecule has 5 heteroatoms. The lowest BCUT2D eigenvalue weighted by atomic mass is 10.2. The summed E-state index contributed by atoms with van der Waals surface area (Å²) in [5, 5.41) is 12.6. The van der Waals surface area contributed by atoms with Crippen LogP contribution in [0.25, 0.3) is 5.82 Å². The highest BCUT2D eigenvalue weighted by molar-refractivity contribution is 5.39. The molecule has 0 saturated carbocycles. The molecule has 1 N–H and O–H groups in total. The van der Waals surface area contributed by atoms with E-state index in [1.54, 1.807) is 0 Å². The molecule has 0 saturated heterocycles. The Kier molecular flexibility index (Phi) is 4.28. The quantitative estimate of drug-likeness (QED) is 0.910. The smallest absolute Gasteiger partial charge is 0.156 e. The highest BCUT2D eigenvalue weighted by Gasteiger charge is 2.17. The predicted octanol–water partition coefficient (Wildman–Crippen LogP) is 2.28. The maximum atomic E-state index is 4.59. The average Bonchev–Trinajstić information content (AvgIpc) is 2.79. The van der Waals surface area contributed by atoms with E-state index < -0.39 is 0 Å². The molecule has 2 heterocycles. The average molecular weight is 275 g/mol. The van der Waals surface area contributed by atoms with Crippen molar-refractivity contribution in [3.63, 3.8) is 0 Å². The lowest BCUT2D eigenvalue weighted by Gasteiger charge is -2.11. The van der Waals surface area contributed by atoms with Crippen LogP contribution in [0.4, 0.5) is 0 Å². The summed E-state index contributed by atoms with van der Waals surface area (Å²) in [7, 11) is 1.98. The van der Waals surface area contributed by atoms with E-state index in [-0.39, 0.29) is 0 Å². The molecule has 0 aliphatic rings. The van der Waals surface area contributed by atoms with E-state index in [4.69, 9.17) is 0 Å². The Morgan fingerprint density at radius 2 is 1.90 bits per heavy atom. The molecular weight excluding hydrogens is 250 g/mol. The molecule has 2 aromatic rings.